The molecule has 0 bridgehead atoms. The molecule has 5 nitrogen and oxygen atoms in total. The van der Waals surface area contributed by atoms with Crippen LogP contribution >= 0.6 is 11.8 Å². The summed E-state index contributed by atoms with van der Waals surface area (Å²) in [5.74, 6) is 1.000. The van der Waals surface area contributed by atoms with Crippen molar-refractivity contribution in [3.05, 3.63) is 36.0 Å². The summed E-state index contributed by atoms with van der Waals surface area (Å²) in [6.07, 6.45) is 1.85. The average molecular weight is 331 g/mol. The molecule has 0 radical (unpaired) electrons. The number of nitrogens with zero attached hydrogens (tertiary/aromatic N) is 1. The molecule has 1 saturated heterocycles. The van der Waals surface area contributed by atoms with Crippen molar-refractivity contribution in [3.8, 4) is 0 Å². The monoisotopic (exact) mass is 331 g/mol. The molecule has 1 atom stereocenters. The maximum Gasteiger partial charge on any atom is 0.255 e. The van der Waals surface area contributed by atoms with E-state index >= 15 is 0 Å². The van der Waals surface area contributed by atoms with Crippen molar-refractivity contribution in [2.45, 2.75) is 32.4 Å². The summed E-state index contributed by atoms with van der Waals surface area (Å²) in [6, 6.07) is 7.15. The number of carbonyl (C=O) groups is 2. The van der Waals surface area contributed by atoms with Crippen LogP contribution in [0.15, 0.2) is 30.5 Å². The molecule has 122 valence electrons. The Morgan fingerprint density at radius 3 is 2.83 bits per heavy atom. The van der Waals surface area contributed by atoms with Crippen LogP contribution in [-0.4, -0.2) is 44.9 Å². The average Bonchev–Trinajstić information content (AvgIpc) is 3.12. The molecule has 2 aromatic rings. The zero-order chi connectivity index (χ0) is 16.6. The molecular formula is C17H21N3O2S. The normalized spacial score (nSPS) is 18.4. The van der Waals surface area contributed by atoms with E-state index in [0.29, 0.717) is 17.2 Å². The maximum atomic E-state index is 12.8. The third-order valence-corrected chi connectivity index (χ3v) is 4.76. The van der Waals surface area contributed by atoms with E-state index in [1.54, 1.807) is 16.7 Å². The van der Waals surface area contributed by atoms with Crippen LogP contribution in [0.3, 0.4) is 0 Å². The van der Waals surface area contributed by atoms with Crippen molar-refractivity contribution < 1.29 is 9.59 Å². The Labute approximate surface area is 139 Å². The quantitative estimate of drug-likeness (QED) is 0.889. The fourth-order valence-corrected chi connectivity index (χ4v) is 3.81. The van der Waals surface area contributed by atoms with Gasteiger partial charge in [0.15, 0.2) is 0 Å². The molecule has 0 saturated carbocycles. The minimum Gasteiger partial charge on any atom is -0.361 e. The Hall–Kier alpha value is -1.95. The topological polar surface area (TPSA) is 65.2 Å². The van der Waals surface area contributed by atoms with Gasteiger partial charge >= 0.3 is 0 Å². The first-order valence-electron chi connectivity index (χ1n) is 7.63. The van der Waals surface area contributed by atoms with Gasteiger partial charge in [-0.15, -0.1) is 11.8 Å². The summed E-state index contributed by atoms with van der Waals surface area (Å²) < 4.78 is 0. The lowest BCUT2D eigenvalue weighted by Gasteiger charge is -2.27. The molecule has 1 aromatic carbocycles. The van der Waals surface area contributed by atoms with Gasteiger partial charge in [-0.3, -0.25) is 9.59 Å². The number of hydrogen-bond acceptors (Lipinski definition) is 3. The molecule has 1 aromatic heterocycles. The van der Waals surface area contributed by atoms with E-state index in [-0.39, 0.29) is 17.4 Å². The maximum absolute atomic E-state index is 12.8. The third kappa shape index (κ3) is 3.37. The van der Waals surface area contributed by atoms with Crippen molar-refractivity contribution in [3.63, 3.8) is 0 Å². The number of aromatic nitrogens is 1. The summed E-state index contributed by atoms with van der Waals surface area (Å²) in [5, 5.41) is 4.04. The summed E-state index contributed by atoms with van der Waals surface area (Å²) in [4.78, 5) is 30.0. The smallest absolute Gasteiger partial charge is 0.255 e. The predicted octanol–water partition coefficient (Wildman–Crippen LogP) is 2.60. The first kappa shape index (κ1) is 15.9. The van der Waals surface area contributed by atoms with Crippen molar-refractivity contribution in [2.24, 2.45) is 0 Å². The number of thioether (sulfide) groups is 1. The molecule has 3 rings (SSSR count). The van der Waals surface area contributed by atoms with Crippen LogP contribution in [0.25, 0.3) is 10.9 Å². The first-order valence-corrected chi connectivity index (χ1v) is 8.78. The van der Waals surface area contributed by atoms with Crippen LogP contribution in [0.2, 0.25) is 0 Å². The van der Waals surface area contributed by atoms with Crippen molar-refractivity contribution in [1.29, 1.82) is 0 Å². The molecule has 2 amide bonds. The fourth-order valence-electron chi connectivity index (χ4n) is 2.66. The Bertz CT molecular complexity index is 748. The number of aromatic amines is 1. The SMILES string of the molecule is CC(C)(C)NC(=O)C1CSCN1C(=O)c1ccc2cc[nH]c2c1. The van der Waals surface area contributed by atoms with E-state index < -0.39 is 6.04 Å². The van der Waals surface area contributed by atoms with Gasteiger partial charge in [0.1, 0.15) is 6.04 Å². The van der Waals surface area contributed by atoms with Crippen LogP contribution < -0.4 is 5.32 Å². The number of benzene rings is 1. The minimum absolute atomic E-state index is 0.0863. The molecule has 1 aliphatic rings. The van der Waals surface area contributed by atoms with Gasteiger partial charge in [-0.2, -0.15) is 0 Å². The van der Waals surface area contributed by atoms with Gasteiger partial charge in [-0.05, 0) is 44.4 Å². The molecule has 0 aliphatic carbocycles. The van der Waals surface area contributed by atoms with E-state index in [1.165, 1.54) is 0 Å². The molecule has 1 aliphatic heterocycles. The highest BCUT2D eigenvalue weighted by molar-refractivity contribution is 7.99. The Morgan fingerprint density at radius 1 is 1.30 bits per heavy atom. The number of nitrogens with one attached hydrogen (secondary N) is 2. The van der Waals surface area contributed by atoms with Gasteiger partial charge in [0.05, 0.1) is 5.88 Å². The highest BCUT2D eigenvalue weighted by atomic mass is 32.2. The predicted molar refractivity (Wildman–Crippen MR) is 93.5 cm³/mol. The Morgan fingerprint density at radius 2 is 2.09 bits per heavy atom. The van der Waals surface area contributed by atoms with E-state index in [0.717, 1.165) is 10.9 Å². The zero-order valence-electron chi connectivity index (χ0n) is 13.6. The largest absolute Gasteiger partial charge is 0.361 e. The van der Waals surface area contributed by atoms with Crippen LogP contribution in [-0.2, 0) is 4.79 Å². The number of H-pyrrole nitrogens is 1. The minimum atomic E-state index is -0.411. The Kier molecular flexibility index (Phi) is 4.10. The van der Waals surface area contributed by atoms with Gasteiger partial charge < -0.3 is 15.2 Å². The number of amides is 2. The Balaban J connectivity index is 1.81. The van der Waals surface area contributed by atoms with E-state index in [1.807, 2.05) is 51.2 Å². The number of carbonyl (C=O) groups excluding carboxylic acids is 2. The number of fused-ring (bicyclic) bond motifs is 1. The first-order chi connectivity index (χ1) is 10.8. The van der Waals surface area contributed by atoms with Gasteiger partial charge in [0.2, 0.25) is 5.91 Å². The van der Waals surface area contributed by atoms with Crippen LogP contribution in [0.5, 0.6) is 0 Å². The van der Waals surface area contributed by atoms with E-state index in [2.05, 4.69) is 10.3 Å². The van der Waals surface area contributed by atoms with Crippen molar-refractivity contribution in [2.75, 3.05) is 11.6 Å². The van der Waals surface area contributed by atoms with Crippen LogP contribution in [0.4, 0.5) is 0 Å². The lowest BCUT2D eigenvalue weighted by Crippen LogP contribution is -2.52. The molecule has 1 unspecified atom stereocenters. The number of hydrogen-bond donors (Lipinski definition) is 2. The van der Waals surface area contributed by atoms with Crippen LogP contribution in [0, 0.1) is 0 Å². The second-order valence-electron chi connectivity index (χ2n) is 6.81. The van der Waals surface area contributed by atoms with Gasteiger partial charge in [-0.1, -0.05) is 6.07 Å². The molecule has 2 heterocycles. The molecule has 23 heavy (non-hydrogen) atoms. The lowest BCUT2D eigenvalue weighted by molar-refractivity contribution is -0.125. The summed E-state index contributed by atoms with van der Waals surface area (Å²) in [7, 11) is 0. The molecule has 6 heteroatoms. The highest BCUT2D eigenvalue weighted by Gasteiger charge is 2.36. The van der Waals surface area contributed by atoms with Gasteiger partial charge in [0, 0.05) is 28.6 Å². The fraction of sp³-hybridized carbons (Fsp3) is 0.412. The van der Waals surface area contributed by atoms with Crippen LogP contribution in [0.1, 0.15) is 31.1 Å². The zero-order valence-corrected chi connectivity index (χ0v) is 14.4. The van der Waals surface area contributed by atoms with E-state index in [9.17, 15) is 9.59 Å². The highest BCUT2D eigenvalue weighted by Crippen LogP contribution is 2.25. The lowest BCUT2D eigenvalue weighted by atomic mass is 10.1. The second-order valence-corrected chi connectivity index (χ2v) is 7.81. The number of rotatable bonds is 2. The molecule has 1 fully saturated rings. The standard InChI is InChI=1S/C17H21N3O2S/c1-17(2,3)19-15(21)14-9-23-10-20(14)16(22)12-5-4-11-6-7-18-13(11)8-12/h4-8,14,18H,9-10H2,1-3H3,(H,19,21). The summed E-state index contributed by atoms with van der Waals surface area (Å²) in [6.45, 7) is 5.83. The summed E-state index contributed by atoms with van der Waals surface area (Å²) in [5.41, 5.74) is 1.23. The van der Waals surface area contributed by atoms with Gasteiger partial charge in [-0.25, -0.2) is 0 Å². The molecular weight excluding hydrogens is 310 g/mol. The summed E-state index contributed by atoms with van der Waals surface area (Å²) >= 11 is 1.61. The third-order valence-electron chi connectivity index (χ3n) is 3.75. The van der Waals surface area contributed by atoms with Crippen molar-refractivity contribution in [1.82, 2.24) is 15.2 Å². The van der Waals surface area contributed by atoms with Gasteiger partial charge in [0.25, 0.3) is 5.91 Å². The molecule has 2 N–H and O–H groups in total. The molecule has 0 spiro atoms. The van der Waals surface area contributed by atoms with E-state index in [4.69, 9.17) is 0 Å². The second kappa shape index (κ2) is 5.92. The van der Waals surface area contributed by atoms with Crippen molar-refractivity contribution >= 4 is 34.5 Å².